The Morgan fingerprint density at radius 1 is 1.29 bits per heavy atom. The predicted molar refractivity (Wildman–Crippen MR) is 50.9 cm³/mol. The zero-order valence-electron chi connectivity index (χ0n) is 7.55. The monoisotopic (exact) mass is 190 g/mol. The van der Waals surface area contributed by atoms with Gasteiger partial charge in [-0.2, -0.15) is 10.2 Å². The molecule has 0 saturated carbocycles. The van der Waals surface area contributed by atoms with Gasteiger partial charge in [-0.3, -0.25) is 9.78 Å². The maximum absolute atomic E-state index is 11.6. The Morgan fingerprint density at radius 3 is 2.57 bits per heavy atom. The number of aromatic nitrogens is 1. The van der Waals surface area contributed by atoms with E-state index >= 15 is 0 Å². The molecular formula is C9H10N4O. The SMILES string of the molecule is O=C(Nc1ccncc1)C1CN=NC1. The van der Waals surface area contributed by atoms with Crippen LogP contribution in [0.1, 0.15) is 0 Å². The normalized spacial score (nSPS) is 15.7. The Kier molecular flexibility index (Phi) is 2.48. The molecule has 0 radical (unpaired) electrons. The smallest absolute Gasteiger partial charge is 0.231 e. The van der Waals surface area contributed by atoms with E-state index in [9.17, 15) is 4.79 Å². The van der Waals surface area contributed by atoms with Crippen molar-refractivity contribution in [3.05, 3.63) is 24.5 Å². The van der Waals surface area contributed by atoms with Crippen molar-refractivity contribution in [2.45, 2.75) is 0 Å². The molecule has 1 aliphatic heterocycles. The van der Waals surface area contributed by atoms with E-state index < -0.39 is 0 Å². The Labute approximate surface area is 81.3 Å². The molecular weight excluding hydrogens is 180 g/mol. The number of nitrogens with one attached hydrogen (secondary N) is 1. The standard InChI is InChI=1S/C9H10N4O/c14-9(7-5-11-12-6-7)13-8-1-3-10-4-2-8/h1-4,7H,5-6H2,(H,10,13,14). The third kappa shape index (κ3) is 1.93. The Bertz CT molecular complexity index is 341. The van der Waals surface area contributed by atoms with Crippen molar-refractivity contribution >= 4 is 11.6 Å². The number of carbonyl (C=O) groups excluding carboxylic acids is 1. The third-order valence-electron chi connectivity index (χ3n) is 2.02. The average Bonchev–Trinajstić information content (AvgIpc) is 2.72. The summed E-state index contributed by atoms with van der Waals surface area (Å²) in [5.74, 6) is -0.135. The van der Waals surface area contributed by atoms with Gasteiger partial charge in [0.2, 0.25) is 5.91 Å². The zero-order chi connectivity index (χ0) is 9.80. The highest BCUT2D eigenvalue weighted by molar-refractivity contribution is 5.92. The molecule has 1 aromatic rings. The largest absolute Gasteiger partial charge is 0.326 e. The molecule has 72 valence electrons. The molecule has 0 spiro atoms. The summed E-state index contributed by atoms with van der Waals surface area (Å²) in [7, 11) is 0. The Balaban J connectivity index is 1.95. The maximum Gasteiger partial charge on any atom is 0.231 e. The first-order valence-corrected chi connectivity index (χ1v) is 4.40. The number of hydrogen-bond donors (Lipinski definition) is 1. The first-order chi connectivity index (χ1) is 6.86. The number of carbonyl (C=O) groups is 1. The molecule has 0 aliphatic carbocycles. The van der Waals surface area contributed by atoms with E-state index in [1.54, 1.807) is 24.5 Å². The summed E-state index contributed by atoms with van der Waals surface area (Å²) in [6.45, 7) is 0.994. The minimum absolute atomic E-state index is 0.0267. The van der Waals surface area contributed by atoms with E-state index in [1.165, 1.54) is 0 Å². The van der Waals surface area contributed by atoms with E-state index in [1.807, 2.05) is 0 Å². The highest BCUT2D eigenvalue weighted by Gasteiger charge is 2.21. The van der Waals surface area contributed by atoms with Crippen LogP contribution in [0.15, 0.2) is 34.8 Å². The Morgan fingerprint density at radius 2 is 1.93 bits per heavy atom. The summed E-state index contributed by atoms with van der Waals surface area (Å²) in [5.41, 5.74) is 0.761. The maximum atomic E-state index is 11.6. The van der Waals surface area contributed by atoms with Gasteiger partial charge in [0.1, 0.15) is 0 Å². The van der Waals surface area contributed by atoms with E-state index in [2.05, 4.69) is 20.5 Å². The summed E-state index contributed by atoms with van der Waals surface area (Å²) in [6.07, 6.45) is 3.28. The molecule has 0 bridgehead atoms. The summed E-state index contributed by atoms with van der Waals surface area (Å²) in [4.78, 5) is 15.4. The molecule has 1 aromatic heterocycles. The zero-order valence-corrected chi connectivity index (χ0v) is 7.55. The first kappa shape index (κ1) is 8.80. The van der Waals surface area contributed by atoms with Crippen molar-refractivity contribution in [1.29, 1.82) is 0 Å². The number of hydrogen-bond acceptors (Lipinski definition) is 4. The highest BCUT2D eigenvalue weighted by atomic mass is 16.1. The molecule has 14 heavy (non-hydrogen) atoms. The minimum atomic E-state index is -0.108. The van der Waals surface area contributed by atoms with E-state index in [0.29, 0.717) is 13.1 Å². The fraction of sp³-hybridized carbons (Fsp3) is 0.333. The predicted octanol–water partition coefficient (Wildman–Crippen LogP) is 1.10. The van der Waals surface area contributed by atoms with E-state index in [4.69, 9.17) is 0 Å². The van der Waals surface area contributed by atoms with Crippen molar-refractivity contribution in [1.82, 2.24) is 4.98 Å². The van der Waals surface area contributed by atoms with Gasteiger partial charge >= 0.3 is 0 Å². The van der Waals surface area contributed by atoms with Crippen LogP contribution in [0.25, 0.3) is 0 Å². The molecule has 2 rings (SSSR count). The van der Waals surface area contributed by atoms with Crippen LogP contribution in [0, 0.1) is 5.92 Å². The number of rotatable bonds is 2. The van der Waals surface area contributed by atoms with Crippen LogP contribution in [0.2, 0.25) is 0 Å². The van der Waals surface area contributed by atoms with Gasteiger partial charge in [0.05, 0.1) is 19.0 Å². The van der Waals surface area contributed by atoms with E-state index in [-0.39, 0.29) is 11.8 Å². The topological polar surface area (TPSA) is 66.7 Å². The molecule has 1 aliphatic rings. The van der Waals surface area contributed by atoms with Crippen LogP contribution in [0.3, 0.4) is 0 Å². The second-order valence-electron chi connectivity index (χ2n) is 3.07. The molecule has 2 heterocycles. The van der Waals surface area contributed by atoms with Crippen molar-refractivity contribution in [3.8, 4) is 0 Å². The number of amides is 1. The summed E-state index contributed by atoms with van der Waals surface area (Å²) in [6, 6.07) is 3.50. The number of pyridine rings is 1. The third-order valence-corrected chi connectivity index (χ3v) is 2.02. The van der Waals surface area contributed by atoms with Crippen LogP contribution in [0.4, 0.5) is 5.69 Å². The lowest BCUT2D eigenvalue weighted by Crippen LogP contribution is -2.24. The highest BCUT2D eigenvalue weighted by Crippen LogP contribution is 2.11. The molecule has 5 nitrogen and oxygen atoms in total. The van der Waals surface area contributed by atoms with Gasteiger partial charge in [-0.25, -0.2) is 0 Å². The number of anilines is 1. The quantitative estimate of drug-likeness (QED) is 0.758. The van der Waals surface area contributed by atoms with Gasteiger partial charge in [0.15, 0.2) is 0 Å². The first-order valence-electron chi connectivity index (χ1n) is 4.40. The van der Waals surface area contributed by atoms with Crippen LogP contribution in [-0.2, 0) is 4.79 Å². The fourth-order valence-electron chi connectivity index (χ4n) is 1.22. The second kappa shape index (κ2) is 3.95. The van der Waals surface area contributed by atoms with Crippen molar-refractivity contribution in [3.63, 3.8) is 0 Å². The molecule has 5 heteroatoms. The summed E-state index contributed by atoms with van der Waals surface area (Å²) < 4.78 is 0. The molecule has 0 atom stereocenters. The van der Waals surface area contributed by atoms with Crippen LogP contribution >= 0.6 is 0 Å². The fourth-order valence-corrected chi connectivity index (χ4v) is 1.22. The lowest BCUT2D eigenvalue weighted by atomic mass is 10.1. The number of azo groups is 1. The summed E-state index contributed by atoms with van der Waals surface area (Å²) in [5, 5.41) is 10.3. The van der Waals surface area contributed by atoms with Gasteiger partial charge in [-0.15, -0.1) is 0 Å². The molecule has 1 N–H and O–H groups in total. The lowest BCUT2D eigenvalue weighted by Gasteiger charge is -2.07. The van der Waals surface area contributed by atoms with Crippen LogP contribution < -0.4 is 5.32 Å². The van der Waals surface area contributed by atoms with Crippen molar-refractivity contribution < 1.29 is 4.79 Å². The molecule has 1 amide bonds. The van der Waals surface area contributed by atoms with Gasteiger partial charge in [0, 0.05) is 18.1 Å². The van der Waals surface area contributed by atoms with Crippen LogP contribution in [-0.4, -0.2) is 24.0 Å². The number of nitrogens with zero attached hydrogens (tertiary/aromatic N) is 3. The second-order valence-corrected chi connectivity index (χ2v) is 3.07. The minimum Gasteiger partial charge on any atom is -0.326 e. The Hall–Kier alpha value is -1.78. The molecule has 0 unspecified atom stereocenters. The average molecular weight is 190 g/mol. The van der Waals surface area contributed by atoms with Crippen molar-refractivity contribution in [2.75, 3.05) is 18.4 Å². The van der Waals surface area contributed by atoms with Crippen LogP contribution in [0.5, 0.6) is 0 Å². The van der Waals surface area contributed by atoms with Gasteiger partial charge in [0.25, 0.3) is 0 Å². The van der Waals surface area contributed by atoms with Crippen molar-refractivity contribution in [2.24, 2.45) is 16.1 Å². The lowest BCUT2D eigenvalue weighted by molar-refractivity contribution is -0.119. The van der Waals surface area contributed by atoms with Gasteiger partial charge in [-0.1, -0.05) is 0 Å². The van der Waals surface area contributed by atoms with Gasteiger partial charge < -0.3 is 5.32 Å². The molecule has 0 fully saturated rings. The molecule has 0 aromatic carbocycles. The van der Waals surface area contributed by atoms with Gasteiger partial charge in [-0.05, 0) is 12.1 Å². The molecule has 0 saturated heterocycles. The summed E-state index contributed by atoms with van der Waals surface area (Å²) >= 11 is 0. The van der Waals surface area contributed by atoms with E-state index in [0.717, 1.165) is 5.69 Å².